The summed E-state index contributed by atoms with van der Waals surface area (Å²) in [6.45, 7) is 5.21. The first-order valence-corrected chi connectivity index (χ1v) is 3.67. The van der Waals surface area contributed by atoms with Crippen LogP contribution in [0.2, 0.25) is 0 Å². The molecule has 0 atom stereocenters. The summed E-state index contributed by atoms with van der Waals surface area (Å²) in [7, 11) is 0. The summed E-state index contributed by atoms with van der Waals surface area (Å²) < 4.78 is 5.11. The molecule has 68 valence electrons. The number of nitro benzene ring substituents is 1. The lowest BCUT2D eigenvalue weighted by Crippen LogP contribution is -1.91. The number of nitrogens with zero attached hydrogens (tertiary/aromatic N) is 1. The predicted molar refractivity (Wildman–Crippen MR) is 48.5 cm³/mol. The zero-order valence-corrected chi connectivity index (χ0v) is 7.19. The number of non-ortho nitro benzene ring substituents is 1. The molecule has 0 amide bonds. The summed E-state index contributed by atoms with van der Waals surface area (Å²) in [6, 6.07) is 5.97. The van der Waals surface area contributed by atoms with Crippen molar-refractivity contribution in [3.63, 3.8) is 0 Å². The van der Waals surface area contributed by atoms with Crippen LogP contribution in [-0.2, 0) is 0 Å². The summed E-state index contributed by atoms with van der Waals surface area (Å²) in [4.78, 5) is 9.90. The second kappa shape index (κ2) is 3.71. The van der Waals surface area contributed by atoms with E-state index in [0.29, 0.717) is 11.5 Å². The maximum atomic E-state index is 10.4. The molecule has 4 nitrogen and oxygen atoms in total. The molecular weight excluding hydrogens is 170 g/mol. The van der Waals surface area contributed by atoms with Gasteiger partial charge in [0.1, 0.15) is 5.75 Å². The smallest absolute Gasteiger partial charge is 0.273 e. The molecule has 0 bridgehead atoms. The molecule has 0 saturated carbocycles. The van der Waals surface area contributed by atoms with Gasteiger partial charge in [0.05, 0.1) is 16.7 Å². The predicted octanol–water partition coefficient (Wildman–Crippen LogP) is 2.51. The Bertz CT molecular complexity index is 346. The quantitative estimate of drug-likeness (QED) is 0.407. The van der Waals surface area contributed by atoms with Crippen molar-refractivity contribution in [2.75, 3.05) is 0 Å². The molecule has 4 heteroatoms. The van der Waals surface area contributed by atoms with Crippen LogP contribution in [0.1, 0.15) is 6.92 Å². The molecule has 0 saturated heterocycles. The third kappa shape index (κ3) is 2.59. The fourth-order valence-electron chi connectivity index (χ4n) is 0.862. The van der Waals surface area contributed by atoms with Crippen molar-refractivity contribution < 1.29 is 9.66 Å². The number of hydrogen-bond acceptors (Lipinski definition) is 3. The average Bonchev–Trinajstić information content (AvgIpc) is 2.03. The monoisotopic (exact) mass is 179 g/mol. The minimum atomic E-state index is -0.467. The molecule has 0 fully saturated rings. The van der Waals surface area contributed by atoms with Crippen LogP contribution >= 0.6 is 0 Å². The van der Waals surface area contributed by atoms with E-state index in [9.17, 15) is 10.1 Å². The third-order valence-electron chi connectivity index (χ3n) is 1.32. The molecule has 0 aliphatic heterocycles. The van der Waals surface area contributed by atoms with Crippen molar-refractivity contribution in [2.45, 2.75) is 6.92 Å². The van der Waals surface area contributed by atoms with E-state index in [1.54, 1.807) is 19.1 Å². The first-order valence-electron chi connectivity index (χ1n) is 3.67. The summed E-state index contributed by atoms with van der Waals surface area (Å²) in [6.07, 6.45) is 0. The lowest BCUT2D eigenvalue weighted by molar-refractivity contribution is -0.384. The van der Waals surface area contributed by atoms with Crippen LogP contribution in [0.4, 0.5) is 5.69 Å². The lowest BCUT2D eigenvalue weighted by atomic mass is 10.3. The number of benzene rings is 1. The molecule has 1 aromatic carbocycles. The van der Waals surface area contributed by atoms with E-state index < -0.39 is 4.92 Å². The van der Waals surface area contributed by atoms with E-state index in [2.05, 4.69) is 6.58 Å². The number of hydrogen-bond donors (Lipinski definition) is 0. The maximum Gasteiger partial charge on any atom is 0.273 e. The van der Waals surface area contributed by atoms with Crippen LogP contribution in [-0.4, -0.2) is 4.92 Å². The molecule has 0 radical (unpaired) electrons. The van der Waals surface area contributed by atoms with Gasteiger partial charge in [-0.25, -0.2) is 0 Å². The fourth-order valence-corrected chi connectivity index (χ4v) is 0.862. The minimum Gasteiger partial charge on any atom is -0.462 e. The summed E-state index contributed by atoms with van der Waals surface area (Å²) >= 11 is 0. The molecular formula is C9H9NO3. The lowest BCUT2D eigenvalue weighted by Gasteiger charge is -2.02. The first-order chi connectivity index (χ1) is 6.09. The summed E-state index contributed by atoms with van der Waals surface area (Å²) in [5.41, 5.74) is 0.0127. The Morgan fingerprint density at radius 3 is 2.85 bits per heavy atom. The third-order valence-corrected chi connectivity index (χ3v) is 1.32. The van der Waals surface area contributed by atoms with Crippen LogP contribution in [0.5, 0.6) is 5.75 Å². The Morgan fingerprint density at radius 1 is 1.62 bits per heavy atom. The van der Waals surface area contributed by atoms with Crippen molar-refractivity contribution in [1.29, 1.82) is 0 Å². The van der Waals surface area contributed by atoms with Gasteiger partial charge in [-0.3, -0.25) is 10.1 Å². The van der Waals surface area contributed by atoms with Gasteiger partial charge < -0.3 is 4.74 Å². The Hall–Kier alpha value is -1.84. The Labute approximate surface area is 75.6 Å². The summed E-state index contributed by atoms with van der Waals surface area (Å²) in [5.74, 6) is 0.933. The number of nitro groups is 1. The van der Waals surface area contributed by atoms with Crippen LogP contribution in [0.3, 0.4) is 0 Å². The van der Waals surface area contributed by atoms with E-state index in [0.717, 1.165) is 0 Å². The zero-order chi connectivity index (χ0) is 9.84. The minimum absolute atomic E-state index is 0.0127. The van der Waals surface area contributed by atoms with Gasteiger partial charge in [0, 0.05) is 6.07 Å². The molecule has 0 aromatic heterocycles. The standard InChI is InChI=1S/C9H9NO3/c1-7(2)13-9-5-3-4-8(6-9)10(11)12/h3-6H,1H2,2H3. The van der Waals surface area contributed by atoms with E-state index >= 15 is 0 Å². The molecule has 0 aliphatic carbocycles. The van der Waals surface area contributed by atoms with Gasteiger partial charge in [0.25, 0.3) is 5.69 Å². The second-order valence-electron chi connectivity index (χ2n) is 2.56. The van der Waals surface area contributed by atoms with Crippen molar-refractivity contribution in [2.24, 2.45) is 0 Å². The highest BCUT2D eigenvalue weighted by molar-refractivity contribution is 5.38. The van der Waals surface area contributed by atoms with Crippen LogP contribution in [0.15, 0.2) is 36.6 Å². The topological polar surface area (TPSA) is 52.4 Å². The zero-order valence-electron chi connectivity index (χ0n) is 7.19. The Morgan fingerprint density at radius 2 is 2.31 bits per heavy atom. The largest absolute Gasteiger partial charge is 0.462 e. The highest BCUT2D eigenvalue weighted by Crippen LogP contribution is 2.20. The van der Waals surface area contributed by atoms with E-state index in [4.69, 9.17) is 4.74 Å². The Balaban J connectivity index is 2.91. The number of ether oxygens (including phenoxy) is 1. The molecule has 0 unspecified atom stereocenters. The van der Waals surface area contributed by atoms with Crippen molar-refractivity contribution in [3.05, 3.63) is 46.7 Å². The van der Waals surface area contributed by atoms with Gasteiger partial charge in [0.15, 0.2) is 0 Å². The van der Waals surface area contributed by atoms with Gasteiger partial charge in [-0.1, -0.05) is 12.6 Å². The van der Waals surface area contributed by atoms with Crippen molar-refractivity contribution in [1.82, 2.24) is 0 Å². The molecule has 1 aromatic rings. The maximum absolute atomic E-state index is 10.4. The van der Waals surface area contributed by atoms with Crippen molar-refractivity contribution in [3.8, 4) is 5.75 Å². The molecule has 0 aliphatic rings. The first kappa shape index (κ1) is 9.25. The molecule has 13 heavy (non-hydrogen) atoms. The average molecular weight is 179 g/mol. The van der Waals surface area contributed by atoms with E-state index in [1.807, 2.05) is 0 Å². The van der Waals surface area contributed by atoms with Gasteiger partial charge in [-0.2, -0.15) is 0 Å². The Kier molecular flexibility index (Phi) is 2.64. The molecule has 0 spiro atoms. The van der Waals surface area contributed by atoms with Crippen LogP contribution in [0.25, 0.3) is 0 Å². The van der Waals surface area contributed by atoms with Crippen molar-refractivity contribution >= 4 is 5.69 Å². The van der Waals surface area contributed by atoms with Gasteiger partial charge in [0.2, 0.25) is 0 Å². The van der Waals surface area contributed by atoms with Crippen LogP contribution < -0.4 is 4.74 Å². The highest BCUT2D eigenvalue weighted by Gasteiger charge is 2.05. The second-order valence-corrected chi connectivity index (χ2v) is 2.56. The van der Waals surface area contributed by atoms with Gasteiger partial charge in [-0.05, 0) is 13.0 Å². The molecule has 0 heterocycles. The molecule has 1 rings (SSSR count). The normalized spacial score (nSPS) is 9.31. The SMILES string of the molecule is C=C(C)Oc1cccc([N+](=O)[O-])c1. The fraction of sp³-hybridized carbons (Fsp3) is 0.111. The summed E-state index contributed by atoms with van der Waals surface area (Å²) in [5, 5.41) is 10.4. The highest BCUT2D eigenvalue weighted by atomic mass is 16.6. The van der Waals surface area contributed by atoms with E-state index in [1.165, 1.54) is 12.1 Å². The van der Waals surface area contributed by atoms with Gasteiger partial charge in [-0.15, -0.1) is 0 Å². The molecule has 0 N–H and O–H groups in total. The van der Waals surface area contributed by atoms with Crippen LogP contribution in [0, 0.1) is 10.1 Å². The number of allylic oxidation sites excluding steroid dienone is 1. The van der Waals surface area contributed by atoms with Gasteiger partial charge >= 0.3 is 0 Å². The van der Waals surface area contributed by atoms with E-state index in [-0.39, 0.29) is 5.69 Å². The number of rotatable bonds is 3.